The van der Waals surface area contributed by atoms with Crippen molar-refractivity contribution >= 4 is 5.97 Å². The van der Waals surface area contributed by atoms with Crippen LogP contribution in [-0.4, -0.2) is 40.7 Å². The van der Waals surface area contributed by atoms with E-state index in [1.54, 1.807) is 20.8 Å². The van der Waals surface area contributed by atoms with Crippen molar-refractivity contribution in [3.63, 3.8) is 0 Å². The van der Waals surface area contributed by atoms with Gasteiger partial charge in [0.25, 0.3) is 0 Å². The number of hydrogen-bond acceptors (Lipinski definition) is 4. The van der Waals surface area contributed by atoms with Crippen LogP contribution in [0, 0.1) is 5.92 Å². The van der Waals surface area contributed by atoms with Crippen molar-refractivity contribution in [2.75, 3.05) is 0 Å². The van der Waals surface area contributed by atoms with Gasteiger partial charge in [0, 0.05) is 5.57 Å². The van der Waals surface area contributed by atoms with Crippen molar-refractivity contribution in [2.24, 2.45) is 5.92 Å². The lowest BCUT2D eigenvalue weighted by Crippen LogP contribution is -2.55. The molecule has 4 nitrogen and oxygen atoms in total. The second kappa shape index (κ2) is 7.66. The number of ether oxygens (including phenoxy) is 2. The molecule has 1 saturated carbocycles. The highest BCUT2D eigenvalue weighted by atomic mass is 19.4. The van der Waals surface area contributed by atoms with Crippen molar-refractivity contribution in [3.05, 3.63) is 12.2 Å². The molecule has 1 aliphatic rings. The number of esters is 1. The summed E-state index contributed by atoms with van der Waals surface area (Å²) in [6.45, 7) is 10.5. The lowest BCUT2D eigenvalue weighted by molar-refractivity contribution is -0.301. The third-order valence-corrected chi connectivity index (χ3v) is 5.08. The van der Waals surface area contributed by atoms with Gasteiger partial charge in [-0.2, -0.15) is 13.2 Å². The molecule has 1 aliphatic carbocycles. The molecule has 1 N–H and O–H groups in total. The van der Waals surface area contributed by atoms with Crippen LogP contribution in [0.3, 0.4) is 0 Å². The van der Waals surface area contributed by atoms with E-state index in [1.807, 2.05) is 0 Å². The second-order valence-electron chi connectivity index (χ2n) is 7.68. The molecule has 146 valence electrons. The molecule has 0 amide bonds. The normalized spacial score (nSPS) is 25.8. The van der Waals surface area contributed by atoms with E-state index in [0.717, 1.165) is 12.8 Å². The van der Waals surface area contributed by atoms with Crippen LogP contribution in [0.25, 0.3) is 0 Å². The average molecular weight is 366 g/mol. The monoisotopic (exact) mass is 366 g/mol. The molecule has 0 aliphatic heterocycles. The van der Waals surface area contributed by atoms with E-state index in [4.69, 9.17) is 9.47 Å². The first-order valence-electron chi connectivity index (χ1n) is 8.52. The van der Waals surface area contributed by atoms with Gasteiger partial charge in [-0.25, -0.2) is 4.79 Å². The van der Waals surface area contributed by atoms with Gasteiger partial charge in [-0.05, 0) is 66.2 Å². The Labute approximate surface area is 147 Å². The quantitative estimate of drug-likeness (QED) is 0.566. The Bertz CT molecular complexity index is 497. The number of halogens is 3. The summed E-state index contributed by atoms with van der Waals surface area (Å²) in [4.78, 5) is 11.7. The Hall–Kier alpha value is -1.08. The molecule has 4 unspecified atom stereocenters. The number of hydrogen-bond donors (Lipinski definition) is 1. The number of carbonyl (C=O) groups excluding carboxylic acids is 1. The fourth-order valence-electron chi connectivity index (χ4n) is 3.03. The molecule has 7 heteroatoms. The summed E-state index contributed by atoms with van der Waals surface area (Å²) in [5.41, 5.74) is -3.53. The zero-order chi connectivity index (χ0) is 19.6. The first-order valence-corrected chi connectivity index (χ1v) is 8.52. The largest absolute Gasteiger partial charge is 0.459 e. The fraction of sp³-hybridized carbons (Fsp3) is 0.833. The zero-order valence-corrected chi connectivity index (χ0v) is 15.6. The summed E-state index contributed by atoms with van der Waals surface area (Å²) in [6.07, 6.45) is -3.75. The van der Waals surface area contributed by atoms with Gasteiger partial charge in [-0.3, -0.25) is 0 Å². The first-order chi connectivity index (χ1) is 11.2. The molecule has 0 saturated heterocycles. The molecule has 1 rings (SSSR count). The minimum atomic E-state index is -4.78. The highest BCUT2D eigenvalue weighted by Crippen LogP contribution is 2.40. The van der Waals surface area contributed by atoms with Gasteiger partial charge >= 0.3 is 12.1 Å². The SMILES string of the molecule is C=C(C)C(=O)OC1CCCC(C(C)(C)OC(C)C(C)(O)C(F)(F)F)C1. The lowest BCUT2D eigenvalue weighted by Gasteiger charge is -2.43. The van der Waals surface area contributed by atoms with E-state index in [1.165, 1.54) is 6.92 Å². The third-order valence-electron chi connectivity index (χ3n) is 5.08. The minimum absolute atomic E-state index is 0.0874. The molecular weight excluding hydrogens is 337 g/mol. The number of alkyl halides is 3. The van der Waals surface area contributed by atoms with E-state index in [0.29, 0.717) is 25.3 Å². The highest BCUT2D eigenvalue weighted by Gasteiger charge is 2.55. The molecule has 0 spiro atoms. The summed E-state index contributed by atoms with van der Waals surface area (Å²) in [5.74, 6) is -0.548. The molecule has 0 aromatic rings. The van der Waals surface area contributed by atoms with Crippen LogP contribution in [0.2, 0.25) is 0 Å². The molecule has 4 atom stereocenters. The highest BCUT2D eigenvalue weighted by molar-refractivity contribution is 5.87. The predicted molar refractivity (Wildman–Crippen MR) is 88.0 cm³/mol. The Morgan fingerprint density at radius 3 is 2.28 bits per heavy atom. The topological polar surface area (TPSA) is 55.8 Å². The maximum Gasteiger partial charge on any atom is 0.419 e. The van der Waals surface area contributed by atoms with Crippen molar-refractivity contribution in [2.45, 2.75) is 89.9 Å². The number of aliphatic hydroxyl groups is 1. The van der Waals surface area contributed by atoms with Gasteiger partial charge < -0.3 is 14.6 Å². The predicted octanol–water partition coefficient (Wildman–Crippen LogP) is 4.16. The lowest BCUT2D eigenvalue weighted by atomic mass is 9.77. The van der Waals surface area contributed by atoms with Crippen molar-refractivity contribution < 1.29 is 32.5 Å². The summed E-state index contributed by atoms with van der Waals surface area (Å²) in [6, 6.07) is 0. The molecule has 1 fully saturated rings. The van der Waals surface area contributed by atoms with Gasteiger partial charge in [0.05, 0.1) is 11.7 Å². The minimum Gasteiger partial charge on any atom is -0.459 e. The molecular formula is C18H29F3O4. The maximum atomic E-state index is 13.0. The van der Waals surface area contributed by atoms with Crippen LogP contribution in [0.15, 0.2) is 12.2 Å². The molecule has 0 aromatic carbocycles. The van der Waals surface area contributed by atoms with Crippen LogP contribution in [-0.2, 0) is 14.3 Å². The van der Waals surface area contributed by atoms with Crippen molar-refractivity contribution in [1.29, 1.82) is 0 Å². The Balaban J connectivity index is 2.77. The summed E-state index contributed by atoms with van der Waals surface area (Å²) in [5, 5.41) is 9.78. The van der Waals surface area contributed by atoms with E-state index < -0.39 is 29.5 Å². The van der Waals surface area contributed by atoms with Crippen LogP contribution in [0.1, 0.15) is 60.3 Å². The first kappa shape index (κ1) is 22.0. The molecule has 0 bridgehead atoms. The van der Waals surface area contributed by atoms with Gasteiger partial charge in [0.2, 0.25) is 0 Å². The van der Waals surface area contributed by atoms with Gasteiger partial charge in [-0.1, -0.05) is 6.58 Å². The zero-order valence-electron chi connectivity index (χ0n) is 15.6. The maximum absolute atomic E-state index is 13.0. The Kier molecular flexibility index (Phi) is 6.73. The van der Waals surface area contributed by atoms with Crippen LogP contribution >= 0.6 is 0 Å². The second-order valence-corrected chi connectivity index (χ2v) is 7.68. The van der Waals surface area contributed by atoms with E-state index in [-0.39, 0.29) is 12.0 Å². The number of carbonyl (C=O) groups is 1. The molecule has 25 heavy (non-hydrogen) atoms. The fourth-order valence-corrected chi connectivity index (χ4v) is 3.03. The molecule has 0 heterocycles. The van der Waals surface area contributed by atoms with Gasteiger partial charge in [-0.15, -0.1) is 0 Å². The molecule has 0 radical (unpaired) electrons. The van der Waals surface area contributed by atoms with Gasteiger partial charge in [0.1, 0.15) is 6.10 Å². The summed E-state index contributed by atoms with van der Waals surface area (Å²) in [7, 11) is 0. The van der Waals surface area contributed by atoms with Gasteiger partial charge in [0.15, 0.2) is 5.60 Å². The van der Waals surface area contributed by atoms with Crippen LogP contribution in [0.5, 0.6) is 0 Å². The van der Waals surface area contributed by atoms with E-state index in [9.17, 15) is 23.1 Å². The van der Waals surface area contributed by atoms with Crippen molar-refractivity contribution in [3.8, 4) is 0 Å². The Morgan fingerprint density at radius 2 is 1.80 bits per heavy atom. The third kappa shape index (κ3) is 5.45. The standard InChI is InChI=1S/C18H29F3O4/c1-11(2)15(22)24-14-9-7-8-13(10-14)16(4,5)25-12(3)17(6,23)18(19,20)21/h12-14,23H,1,7-10H2,2-6H3. The van der Waals surface area contributed by atoms with Crippen molar-refractivity contribution in [1.82, 2.24) is 0 Å². The van der Waals surface area contributed by atoms with E-state index >= 15 is 0 Å². The Morgan fingerprint density at radius 1 is 1.24 bits per heavy atom. The van der Waals surface area contributed by atoms with Crippen LogP contribution < -0.4 is 0 Å². The van der Waals surface area contributed by atoms with E-state index in [2.05, 4.69) is 6.58 Å². The smallest absolute Gasteiger partial charge is 0.419 e. The van der Waals surface area contributed by atoms with Crippen LogP contribution in [0.4, 0.5) is 13.2 Å². The summed E-state index contributed by atoms with van der Waals surface area (Å²) < 4.78 is 50.0. The molecule has 0 aromatic heterocycles. The average Bonchev–Trinajstić information content (AvgIpc) is 2.45. The summed E-state index contributed by atoms with van der Waals surface area (Å²) >= 11 is 0. The number of rotatable bonds is 6.